The average molecular weight is 132 g/mol. The maximum Gasteiger partial charge on any atom is 0.239 e. The summed E-state index contributed by atoms with van der Waals surface area (Å²) in [6.07, 6.45) is 0. The largest absolute Gasteiger partial charge is 0.382 e. The Balaban J connectivity index is 3.85. The van der Waals surface area contributed by atoms with Gasteiger partial charge in [-0.2, -0.15) is 0 Å². The molecule has 0 radical (unpaired) electrons. The molecule has 0 fully saturated rings. The summed E-state index contributed by atoms with van der Waals surface area (Å²) >= 11 is 0. The van der Waals surface area contributed by atoms with E-state index in [0.29, 0.717) is 0 Å². The predicted octanol–water partition coefficient (Wildman–Crippen LogP) is -1.16. The van der Waals surface area contributed by atoms with Gasteiger partial charge in [0, 0.05) is 7.11 Å². The number of hydrogen-bond donors (Lipinski definition) is 2. The first-order valence-corrected chi connectivity index (χ1v) is 2.58. The van der Waals surface area contributed by atoms with E-state index in [0.717, 1.165) is 0 Å². The van der Waals surface area contributed by atoms with E-state index in [-0.39, 0.29) is 6.61 Å². The molecule has 0 aromatic carbocycles. The van der Waals surface area contributed by atoms with Gasteiger partial charge in [0.15, 0.2) is 0 Å². The molecule has 0 heterocycles. The highest BCUT2D eigenvalue weighted by Crippen LogP contribution is 1.95. The summed E-state index contributed by atoms with van der Waals surface area (Å²) in [5.41, 5.74) is 9.25. The fraction of sp³-hybridized carbons (Fsp3) is 0.800. The van der Waals surface area contributed by atoms with Crippen molar-refractivity contribution < 1.29 is 9.53 Å². The van der Waals surface area contributed by atoms with Gasteiger partial charge >= 0.3 is 0 Å². The average Bonchev–Trinajstić information content (AvgIpc) is 1.65. The topological polar surface area (TPSA) is 78.3 Å². The third-order valence-corrected chi connectivity index (χ3v) is 1.01. The molecular weight excluding hydrogens is 120 g/mol. The van der Waals surface area contributed by atoms with Crippen LogP contribution in [0.1, 0.15) is 6.92 Å². The van der Waals surface area contributed by atoms with Gasteiger partial charge in [0.2, 0.25) is 5.91 Å². The number of rotatable bonds is 3. The Kier molecular flexibility index (Phi) is 2.61. The SMILES string of the molecule is COC[C@@](C)(N)C(N)=O. The third kappa shape index (κ3) is 2.43. The lowest BCUT2D eigenvalue weighted by Crippen LogP contribution is -2.52. The van der Waals surface area contributed by atoms with Crippen molar-refractivity contribution in [2.24, 2.45) is 11.5 Å². The van der Waals surface area contributed by atoms with Gasteiger partial charge in [-0.05, 0) is 6.92 Å². The van der Waals surface area contributed by atoms with Gasteiger partial charge in [-0.3, -0.25) is 4.79 Å². The molecule has 0 aromatic heterocycles. The molecule has 0 aliphatic heterocycles. The van der Waals surface area contributed by atoms with Crippen LogP contribution in [-0.4, -0.2) is 25.2 Å². The Bertz CT molecular complexity index is 112. The van der Waals surface area contributed by atoms with E-state index in [2.05, 4.69) is 4.74 Å². The van der Waals surface area contributed by atoms with Crippen molar-refractivity contribution in [2.45, 2.75) is 12.5 Å². The van der Waals surface area contributed by atoms with Crippen molar-refractivity contribution in [3.63, 3.8) is 0 Å². The van der Waals surface area contributed by atoms with Crippen LogP contribution in [0.25, 0.3) is 0 Å². The number of hydrogen-bond acceptors (Lipinski definition) is 3. The fourth-order valence-corrected chi connectivity index (χ4v) is 0.371. The number of methoxy groups -OCH3 is 1. The van der Waals surface area contributed by atoms with E-state index in [4.69, 9.17) is 11.5 Å². The number of primary amides is 1. The van der Waals surface area contributed by atoms with Crippen molar-refractivity contribution in [1.29, 1.82) is 0 Å². The van der Waals surface area contributed by atoms with Crippen LogP contribution < -0.4 is 11.5 Å². The van der Waals surface area contributed by atoms with Crippen molar-refractivity contribution in [3.05, 3.63) is 0 Å². The molecule has 4 nitrogen and oxygen atoms in total. The molecule has 0 saturated carbocycles. The van der Waals surface area contributed by atoms with Gasteiger partial charge in [-0.25, -0.2) is 0 Å². The maximum atomic E-state index is 10.4. The van der Waals surface area contributed by atoms with E-state index in [1.54, 1.807) is 0 Å². The summed E-state index contributed by atoms with van der Waals surface area (Å²) in [7, 11) is 1.47. The summed E-state index contributed by atoms with van der Waals surface area (Å²) in [4.78, 5) is 10.4. The minimum Gasteiger partial charge on any atom is -0.382 e. The summed E-state index contributed by atoms with van der Waals surface area (Å²) in [5, 5.41) is 0. The zero-order valence-electron chi connectivity index (χ0n) is 5.68. The number of amides is 1. The molecule has 0 saturated heterocycles. The van der Waals surface area contributed by atoms with E-state index in [1.807, 2.05) is 0 Å². The summed E-state index contributed by atoms with van der Waals surface area (Å²) in [6, 6.07) is 0. The molecule has 0 bridgehead atoms. The van der Waals surface area contributed by atoms with Gasteiger partial charge < -0.3 is 16.2 Å². The molecule has 4 N–H and O–H groups in total. The van der Waals surface area contributed by atoms with Gasteiger partial charge in [0.05, 0.1) is 6.61 Å². The first-order valence-electron chi connectivity index (χ1n) is 2.58. The lowest BCUT2D eigenvalue weighted by atomic mass is 10.1. The Morgan fingerprint density at radius 1 is 1.78 bits per heavy atom. The van der Waals surface area contributed by atoms with Crippen LogP contribution in [0.5, 0.6) is 0 Å². The van der Waals surface area contributed by atoms with E-state index < -0.39 is 11.4 Å². The molecule has 1 amide bonds. The second-order valence-corrected chi connectivity index (χ2v) is 2.21. The smallest absolute Gasteiger partial charge is 0.239 e. The Labute approximate surface area is 54.2 Å². The zero-order chi connectivity index (χ0) is 7.49. The molecule has 0 spiro atoms. The highest BCUT2D eigenvalue weighted by molar-refractivity contribution is 5.83. The predicted molar refractivity (Wildman–Crippen MR) is 33.7 cm³/mol. The normalized spacial score (nSPS) is 16.8. The van der Waals surface area contributed by atoms with Crippen LogP contribution >= 0.6 is 0 Å². The lowest BCUT2D eigenvalue weighted by molar-refractivity contribution is -0.124. The van der Waals surface area contributed by atoms with Crippen LogP contribution in [0.3, 0.4) is 0 Å². The van der Waals surface area contributed by atoms with Crippen LogP contribution in [0, 0.1) is 0 Å². The van der Waals surface area contributed by atoms with Gasteiger partial charge in [0.1, 0.15) is 5.54 Å². The molecule has 0 aliphatic rings. The quantitative estimate of drug-likeness (QED) is 0.508. The van der Waals surface area contributed by atoms with E-state index in [9.17, 15) is 4.79 Å². The number of nitrogens with two attached hydrogens (primary N) is 2. The molecule has 1 atom stereocenters. The maximum absolute atomic E-state index is 10.4. The van der Waals surface area contributed by atoms with Crippen molar-refractivity contribution in [2.75, 3.05) is 13.7 Å². The van der Waals surface area contributed by atoms with Gasteiger partial charge in [-0.15, -0.1) is 0 Å². The first kappa shape index (κ1) is 8.39. The third-order valence-electron chi connectivity index (χ3n) is 1.01. The molecule has 54 valence electrons. The van der Waals surface area contributed by atoms with Crippen LogP contribution in [0.15, 0.2) is 0 Å². The van der Waals surface area contributed by atoms with Gasteiger partial charge in [-0.1, -0.05) is 0 Å². The van der Waals surface area contributed by atoms with Gasteiger partial charge in [0.25, 0.3) is 0 Å². The highest BCUT2D eigenvalue weighted by Gasteiger charge is 2.24. The highest BCUT2D eigenvalue weighted by atomic mass is 16.5. The molecule has 0 aromatic rings. The molecule has 4 heteroatoms. The Morgan fingerprint density at radius 3 is 2.33 bits per heavy atom. The van der Waals surface area contributed by atoms with Crippen molar-refractivity contribution in [3.8, 4) is 0 Å². The lowest BCUT2D eigenvalue weighted by Gasteiger charge is -2.18. The molecular formula is C5H12N2O2. The Morgan fingerprint density at radius 2 is 2.22 bits per heavy atom. The summed E-state index contributed by atoms with van der Waals surface area (Å²) in [6.45, 7) is 1.68. The first-order chi connectivity index (χ1) is 4.00. The minimum atomic E-state index is -1.03. The molecule has 9 heavy (non-hydrogen) atoms. The number of carbonyl (C=O) groups is 1. The molecule has 0 rings (SSSR count). The second kappa shape index (κ2) is 2.80. The van der Waals surface area contributed by atoms with Crippen LogP contribution in [-0.2, 0) is 9.53 Å². The Hall–Kier alpha value is -0.610. The zero-order valence-corrected chi connectivity index (χ0v) is 5.68. The molecule has 0 unspecified atom stereocenters. The monoisotopic (exact) mass is 132 g/mol. The second-order valence-electron chi connectivity index (χ2n) is 2.21. The van der Waals surface area contributed by atoms with Crippen molar-refractivity contribution >= 4 is 5.91 Å². The standard InChI is InChI=1S/C5H12N2O2/c1-5(7,3-9-2)4(6)8/h3,7H2,1-2H3,(H2,6,8)/t5-/m1/s1. The van der Waals surface area contributed by atoms with E-state index in [1.165, 1.54) is 14.0 Å². The number of ether oxygens (including phenoxy) is 1. The molecule has 0 aliphatic carbocycles. The van der Waals surface area contributed by atoms with E-state index >= 15 is 0 Å². The fourth-order valence-electron chi connectivity index (χ4n) is 0.371. The van der Waals surface area contributed by atoms with Crippen molar-refractivity contribution in [1.82, 2.24) is 0 Å². The summed E-state index contributed by atoms with van der Waals surface area (Å²) < 4.78 is 4.64. The minimum absolute atomic E-state index is 0.155. The summed E-state index contributed by atoms with van der Waals surface area (Å²) in [5.74, 6) is -0.552. The number of carbonyl (C=O) groups excluding carboxylic acids is 1. The van der Waals surface area contributed by atoms with Crippen LogP contribution in [0.4, 0.5) is 0 Å². The van der Waals surface area contributed by atoms with Crippen LogP contribution in [0.2, 0.25) is 0 Å².